The van der Waals surface area contributed by atoms with E-state index in [2.05, 4.69) is 36.1 Å². The van der Waals surface area contributed by atoms with Gasteiger partial charge in [-0.3, -0.25) is 0 Å². The monoisotopic (exact) mass is 206 g/mol. The van der Waals surface area contributed by atoms with Gasteiger partial charge < -0.3 is 0 Å². The van der Waals surface area contributed by atoms with Gasteiger partial charge in [-0.25, -0.2) is 4.98 Å². The van der Waals surface area contributed by atoms with Gasteiger partial charge in [-0.2, -0.15) is 5.26 Å². The van der Waals surface area contributed by atoms with E-state index < -0.39 is 8.07 Å². The summed E-state index contributed by atoms with van der Waals surface area (Å²) in [5.74, 6) is 3.01. The van der Waals surface area contributed by atoms with Crippen LogP contribution in [0.25, 0.3) is 0 Å². The normalized spacial score (nSPS) is 10.0. The predicted octanol–water partition coefficient (Wildman–Crippen LogP) is 2.24. The van der Waals surface area contributed by atoms with Crippen LogP contribution in [0.2, 0.25) is 19.6 Å². The molecule has 0 unspecified atom stereocenters. The number of hydrogen-bond acceptors (Lipinski definition) is 3. The Bertz CT molecular complexity index is 398. The maximum absolute atomic E-state index is 8.56. The zero-order valence-electron chi connectivity index (χ0n) is 7.88. The lowest BCUT2D eigenvalue weighted by molar-refractivity contribution is 1.37. The van der Waals surface area contributed by atoms with Gasteiger partial charge in [0.15, 0.2) is 5.01 Å². The molecule has 0 spiro atoms. The van der Waals surface area contributed by atoms with E-state index in [1.807, 2.05) is 6.07 Å². The second-order valence-electron chi connectivity index (χ2n) is 3.64. The van der Waals surface area contributed by atoms with Crippen LogP contribution in [0.3, 0.4) is 0 Å². The fourth-order valence-electron chi connectivity index (χ4n) is 0.625. The van der Waals surface area contributed by atoms with E-state index in [0.717, 1.165) is 5.01 Å². The Kier molecular flexibility index (Phi) is 2.87. The third-order valence-corrected chi connectivity index (χ3v) is 2.85. The zero-order chi connectivity index (χ0) is 9.90. The minimum Gasteiger partial charge on any atom is -0.235 e. The highest BCUT2D eigenvalue weighted by Gasteiger charge is 2.07. The van der Waals surface area contributed by atoms with Crippen molar-refractivity contribution < 1.29 is 0 Å². The summed E-state index contributed by atoms with van der Waals surface area (Å²) in [6.07, 6.45) is 1.57. The number of aromatic nitrogens is 1. The SMILES string of the molecule is C[Si](C)(C)C#Cc1ncc(C#N)s1. The van der Waals surface area contributed by atoms with Crippen molar-refractivity contribution in [3.05, 3.63) is 16.1 Å². The minimum absolute atomic E-state index is 0.625. The van der Waals surface area contributed by atoms with E-state index in [1.54, 1.807) is 6.20 Å². The Morgan fingerprint density at radius 2 is 2.15 bits per heavy atom. The molecule has 1 aromatic rings. The molecule has 0 saturated carbocycles. The van der Waals surface area contributed by atoms with Crippen molar-refractivity contribution in [2.45, 2.75) is 19.6 Å². The molecule has 0 N–H and O–H groups in total. The topological polar surface area (TPSA) is 36.7 Å². The standard InChI is InChI=1S/C9H10N2SSi/c1-13(2,3)5-4-9-11-7-8(6-10)12-9/h7H,1-3H3. The molecule has 66 valence electrons. The molecule has 0 aliphatic rings. The summed E-state index contributed by atoms with van der Waals surface area (Å²) in [7, 11) is -1.32. The van der Waals surface area contributed by atoms with Gasteiger partial charge in [0.25, 0.3) is 0 Å². The largest absolute Gasteiger partial charge is 0.235 e. The summed E-state index contributed by atoms with van der Waals surface area (Å²) in [6.45, 7) is 6.54. The quantitative estimate of drug-likeness (QED) is 0.482. The highest BCUT2D eigenvalue weighted by Crippen LogP contribution is 2.10. The number of rotatable bonds is 0. The van der Waals surface area contributed by atoms with Crippen LogP contribution in [0.15, 0.2) is 6.20 Å². The molecule has 0 amide bonds. The summed E-state index contributed by atoms with van der Waals surface area (Å²) in [5.41, 5.74) is 3.20. The second kappa shape index (κ2) is 3.74. The Morgan fingerprint density at radius 3 is 2.62 bits per heavy atom. The number of nitrogens with zero attached hydrogens (tertiary/aromatic N) is 2. The van der Waals surface area contributed by atoms with Gasteiger partial charge >= 0.3 is 0 Å². The smallest absolute Gasteiger partial charge is 0.167 e. The van der Waals surface area contributed by atoms with Crippen LogP contribution in [0.1, 0.15) is 9.88 Å². The lowest BCUT2D eigenvalue weighted by atomic mass is 10.6. The third-order valence-electron chi connectivity index (χ3n) is 1.16. The maximum Gasteiger partial charge on any atom is 0.167 e. The first-order chi connectivity index (χ1) is 6.01. The number of thiazole rings is 1. The lowest BCUT2D eigenvalue weighted by Gasteiger charge is -2.02. The first-order valence-corrected chi connectivity index (χ1v) is 8.22. The zero-order valence-corrected chi connectivity index (χ0v) is 9.70. The van der Waals surface area contributed by atoms with Crippen molar-refractivity contribution in [2.24, 2.45) is 0 Å². The molecule has 0 fully saturated rings. The minimum atomic E-state index is -1.32. The van der Waals surface area contributed by atoms with E-state index in [-0.39, 0.29) is 0 Å². The lowest BCUT2D eigenvalue weighted by Crippen LogP contribution is -2.16. The average Bonchev–Trinajstić information content (AvgIpc) is 2.47. The highest BCUT2D eigenvalue weighted by atomic mass is 32.1. The van der Waals surface area contributed by atoms with E-state index in [4.69, 9.17) is 5.26 Å². The van der Waals surface area contributed by atoms with Crippen LogP contribution < -0.4 is 0 Å². The first-order valence-electron chi connectivity index (χ1n) is 3.90. The second-order valence-corrected chi connectivity index (χ2v) is 9.42. The molecule has 0 aliphatic heterocycles. The first kappa shape index (κ1) is 9.98. The molecule has 13 heavy (non-hydrogen) atoms. The fraction of sp³-hybridized carbons (Fsp3) is 0.333. The van der Waals surface area contributed by atoms with Crippen molar-refractivity contribution >= 4 is 19.4 Å². The van der Waals surface area contributed by atoms with Crippen molar-refractivity contribution in [1.82, 2.24) is 4.98 Å². The molecule has 1 heterocycles. The molecule has 0 aromatic carbocycles. The van der Waals surface area contributed by atoms with E-state index >= 15 is 0 Å². The fourth-order valence-corrected chi connectivity index (χ4v) is 1.78. The summed E-state index contributed by atoms with van der Waals surface area (Å²) >= 11 is 1.35. The molecule has 2 nitrogen and oxygen atoms in total. The van der Waals surface area contributed by atoms with Gasteiger partial charge in [0.2, 0.25) is 0 Å². The van der Waals surface area contributed by atoms with Gasteiger partial charge in [0.1, 0.15) is 19.0 Å². The van der Waals surface area contributed by atoms with Crippen molar-refractivity contribution in [2.75, 3.05) is 0 Å². The Morgan fingerprint density at radius 1 is 1.46 bits per heavy atom. The predicted molar refractivity (Wildman–Crippen MR) is 57.1 cm³/mol. The van der Waals surface area contributed by atoms with E-state index in [0.29, 0.717) is 4.88 Å². The molecule has 0 atom stereocenters. The van der Waals surface area contributed by atoms with Crippen molar-refractivity contribution in [3.8, 4) is 17.5 Å². The van der Waals surface area contributed by atoms with Crippen LogP contribution in [-0.4, -0.2) is 13.1 Å². The Labute approximate surface area is 83.3 Å². The Balaban J connectivity index is 2.86. The molecule has 0 radical (unpaired) electrons. The molecule has 0 aliphatic carbocycles. The average molecular weight is 206 g/mol. The molecule has 1 rings (SSSR count). The van der Waals surface area contributed by atoms with Gasteiger partial charge in [-0.15, -0.1) is 5.54 Å². The van der Waals surface area contributed by atoms with Gasteiger partial charge in [0.05, 0.1) is 6.20 Å². The molecular weight excluding hydrogens is 196 g/mol. The summed E-state index contributed by atoms with van der Waals surface area (Å²) in [5, 5.41) is 9.31. The molecule has 1 aromatic heterocycles. The highest BCUT2D eigenvalue weighted by molar-refractivity contribution is 7.12. The van der Waals surface area contributed by atoms with Crippen molar-refractivity contribution in [3.63, 3.8) is 0 Å². The van der Waals surface area contributed by atoms with Gasteiger partial charge in [-0.1, -0.05) is 31.0 Å². The molecular formula is C9H10N2SSi. The summed E-state index contributed by atoms with van der Waals surface area (Å²) < 4.78 is 0. The van der Waals surface area contributed by atoms with Gasteiger partial charge in [-0.05, 0) is 5.92 Å². The van der Waals surface area contributed by atoms with Crippen LogP contribution in [-0.2, 0) is 0 Å². The van der Waals surface area contributed by atoms with Crippen LogP contribution in [0.4, 0.5) is 0 Å². The number of nitriles is 1. The van der Waals surface area contributed by atoms with Gasteiger partial charge in [0, 0.05) is 0 Å². The van der Waals surface area contributed by atoms with Crippen LogP contribution in [0.5, 0.6) is 0 Å². The van der Waals surface area contributed by atoms with Crippen LogP contribution >= 0.6 is 11.3 Å². The molecule has 0 bridgehead atoms. The summed E-state index contributed by atoms with van der Waals surface area (Å²) in [4.78, 5) is 4.66. The summed E-state index contributed by atoms with van der Waals surface area (Å²) in [6, 6.07) is 2.04. The van der Waals surface area contributed by atoms with E-state index in [9.17, 15) is 0 Å². The number of hydrogen-bond donors (Lipinski definition) is 0. The van der Waals surface area contributed by atoms with Crippen LogP contribution in [0, 0.1) is 22.8 Å². The third kappa shape index (κ3) is 3.41. The molecule has 4 heteroatoms. The van der Waals surface area contributed by atoms with Crippen molar-refractivity contribution in [1.29, 1.82) is 5.26 Å². The Hall–Kier alpha value is -1.10. The van der Waals surface area contributed by atoms with E-state index in [1.165, 1.54) is 11.3 Å². The maximum atomic E-state index is 8.56. The molecule has 0 saturated heterocycles.